The van der Waals surface area contributed by atoms with E-state index in [9.17, 15) is 15.0 Å². The van der Waals surface area contributed by atoms with E-state index in [-0.39, 0.29) is 19.6 Å². The van der Waals surface area contributed by atoms with Crippen molar-refractivity contribution in [3.63, 3.8) is 0 Å². The second-order valence-electron chi connectivity index (χ2n) is 4.37. The number of hydrogen-bond acceptors (Lipinski definition) is 5. The zero-order chi connectivity index (χ0) is 14.4. The van der Waals surface area contributed by atoms with Gasteiger partial charge in [0, 0.05) is 0 Å². The first-order valence-electron chi connectivity index (χ1n) is 6.21. The molecular weight excluding hydrogens is 248 g/mol. The minimum atomic E-state index is -1.21. The smallest absolute Gasteiger partial charge is 0.308 e. The number of carbonyl (C=O) groups excluding carboxylic acids is 1. The first-order valence-corrected chi connectivity index (χ1v) is 6.21. The van der Waals surface area contributed by atoms with E-state index in [4.69, 9.17) is 9.84 Å². The molecule has 2 unspecified atom stereocenters. The van der Waals surface area contributed by atoms with Crippen LogP contribution in [0, 0.1) is 6.92 Å². The van der Waals surface area contributed by atoms with Crippen molar-refractivity contribution in [2.45, 2.75) is 39.1 Å². The fourth-order valence-corrected chi connectivity index (χ4v) is 1.80. The molecule has 5 heteroatoms. The maximum atomic E-state index is 11.2. The van der Waals surface area contributed by atoms with E-state index in [0.717, 1.165) is 11.1 Å². The molecule has 5 nitrogen and oxygen atoms in total. The fraction of sp³-hybridized carbons (Fsp3) is 0.500. The molecule has 0 aliphatic carbocycles. The molecule has 0 amide bonds. The van der Waals surface area contributed by atoms with Crippen molar-refractivity contribution in [3.05, 3.63) is 34.9 Å². The van der Waals surface area contributed by atoms with Crippen LogP contribution in [0.2, 0.25) is 0 Å². The van der Waals surface area contributed by atoms with Crippen molar-refractivity contribution in [2.75, 3.05) is 6.61 Å². The Kier molecular flexibility index (Phi) is 5.95. The van der Waals surface area contributed by atoms with Gasteiger partial charge in [0.25, 0.3) is 0 Å². The van der Waals surface area contributed by atoms with E-state index in [1.54, 1.807) is 32.0 Å². The number of carbonyl (C=O) groups is 1. The number of rotatable bonds is 6. The molecular formula is C14H20O5. The Labute approximate surface area is 112 Å². The molecule has 0 spiro atoms. The summed E-state index contributed by atoms with van der Waals surface area (Å²) >= 11 is 0. The van der Waals surface area contributed by atoms with Gasteiger partial charge in [0.1, 0.15) is 6.10 Å². The third-order valence-corrected chi connectivity index (χ3v) is 2.92. The van der Waals surface area contributed by atoms with Gasteiger partial charge >= 0.3 is 5.97 Å². The standard InChI is InChI=1S/C14H20O5/c1-3-19-13(17)7-12(16)14(18)10-4-5-11(8-15)9(2)6-10/h4-6,12,14-16,18H,3,7-8H2,1-2H3. The second-order valence-corrected chi connectivity index (χ2v) is 4.37. The monoisotopic (exact) mass is 268 g/mol. The van der Waals surface area contributed by atoms with Gasteiger partial charge in [0.15, 0.2) is 0 Å². The fourth-order valence-electron chi connectivity index (χ4n) is 1.80. The van der Waals surface area contributed by atoms with Crippen molar-refractivity contribution in [3.8, 4) is 0 Å². The molecule has 0 saturated heterocycles. The van der Waals surface area contributed by atoms with Crippen LogP contribution in [-0.2, 0) is 16.1 Å². The van der Waals surface area contributed by atoms with Crippen LogP contribution in [0.1, 0.15) is 36.1 Å². The van der Waals surface area contributed by atoms with Crippen molar-refractivity contribution in [1.82, 2.24) is 0 Å². The number of ether oxygens (including phenoxy) is 1. The minimum Gasteiger partial charge on any atom is -0.466 e. The summed E-state index contributed by atoms with van der Waals surface area (Å²) in [6.45, 7) is 3.65. The molecule has 0 aromatic heterocycles. The molecule has 1 aromatic carbocycles. The summed E-state index contributed by atoms with van der Waals surface area (Å²) in [4.78, 5) is 11.2. The Balaban J connectivity index is 2.73. The minimum absolute atomic E-state index is 0.0758. The molecule has 3 N–H and O–H groups in total. The lowest BCUT2D eigenvalue weighted by atomic mass is 9.98. The van der Waals surface area contributed by atoms with E-state index in [1.165, 1.54) is 0 Å². The highest BCUT2D eigenvalue weighted by molar-refractivity contribution is 5.70. The number of benzene rings is 1. The highest BCUT2D eigenvalue weighted by atomic mass is 16.5. The molecule has 0 aliphatic rings. The average Bonchev–Trinajstić information content (AvgIpc) is 2.37. The van der Waals surface area contributed by atoms with Crippen LogP contribution in [-0.4, -0.2) is 34.0 Å². The maximum absolute atomic E-state index is 11.2. The Bertz CT molecular complexity index is 430. The summed E-state index contributed by atoms with van der Waals surface area (Å²) in [5, 5.41) is 28.8. The van der Waals surface area contributed by atoms with Crippen molar-refractivity contribution in [2.24, 2.45) is 0 Å². The van der Waals surface area contributed by atoms with Gasteiger partial charge in [-0.25, -0.2) is 0 Å². The van der Waals surface area contributed by atoms with Crippen molar-refractivity contribution in [1.29, 1.82) is 0 Å². The van der Waals surface area contributed by atoms with Crippen molar-refractivity contribution < 1.29 is 24.9 Å². The van der Waals surface area contributed by atoms with Gasteiger partial charge in [-0.15, -0.1) is 0 Å². The molecule has 19 heavy (non-hydrogen) atoms. The van der Waals surface area contributed by atoms with E-state index in [1.807, 2.05) is 0 Å². The summed E-state index contributed by atoms with van der Waals surface area (Å²) in [5.41, 5.74) is 2.09. The van der Waals surface area contributed by atoms with Crippen LogP contribution >= 0.6 is 0 Å². The van der Waals surface area contributed by atoms with E-state index >= 15 is 0 Å². The summed E-state index contributed by atoms with van der Waals surface area (Å²) in [6.07, 6.45) is -2.62. The number of aliphatic hydroxyl groups excluding tert-OH is 3. The molecule has 1 rings (SSSR count). The largest absolute Gasteiger partial charge is 0.466 e. The Morgan fingerprint density at radius 2 is 2.05 bits per heavy atom. The molecule has 0 saturated carbocycles. The number of aliphatic hydroxyl groups is 3. The van der Waals surface area contributed by atoms with Crippen LogP contribution in [0.5, 0.6) is 0 Å². The van der Waals surface area contributed by atoms with Crippen LogP contribution < -0.4 is 0 Å². The summed E-state index contributed by atoms with van der Waals surface area (Å²) < 4.78 is 4.72. The third kappa shape index (κ3) is 4.31. The Morgan fingerprint density at radius 1 is 1.37 bits per heavy atom. The molecule has 0 bridgehead atoms. The molecule has 0 heterocycles. The first-order chi connectivity index (χ1) is 8.99. The van der Waals surface area contributed by atoms with Gasteiger partial charge in [-0.05, 0) is 30.5 Å². The normalized spacial score (nSPS) is 13.9. The topological polar surface area (TPSA) is 87.0 Å². The lowest BCUT2D eigenvalue weighted by Crippen LogP contribution is -2.23. The predicted octanol–water partition coefficient (Wildman–Crippen LogP) is 0.835. The predicted molar refractivity (Wildman–Crippen MR) is 69.3 cm³/mol. The maximum Gasteiger partial charge on any atom is 0.308 e. The lowest BCUT2D eigenvalue weighted by Gasteiger charge is -2.18. The van der Waals surface area contributed by atoms with E-state index in [0.29, 0.717) is 5.56 Å². The summed E-state index contributed by atoms with van der Waals surface area (Å²) in [7, 11) is 0. The van der Waals surface area contributed by atoms with Crippen molar-refractivity contribution >= 4 is 5.97 Å². The zero-order valence-electron chi connectivity index (χ0n) is 11.2. The number of hydrogen-bond donors (Lipinski definition) is 3. The van der Waals surface area contributed by atoms with E-state index < -0.39 is 18.2 Å². The Hall–Kier alpha value is -1.43. The highest BCUT2D eigenvalue weighted by Gasteiger charge is 2.22. The van der Waals surface area contributed by atoms with Crippen LogP contribution in [0.3, 0.4) is 0 Å². The molecule has 0 radical (unpaired) electrons. The van der Waals surface area contributed by atoms with Gasteiger partial charge in [-0.3, -0.25) is 4.79 Å². The summed E-state index contributed by atoms with van der Waals surface area (Å²) in [6, 6.07) is 4.99. The first kappa shape index (κ1) is 15.6. The second kappa shape index (κ2) is 7.23. The van der Waals surface area contributed by atoms with Gasteiger partial charge in [0.2, 0.25) is 0 Å². The highest BCUT2D eigenvalue weighted by Crippen LogP contribution is 2.22. The zero-order valence-corrected chi connectivity index (χ0v) is 11.2. The lowest BCUT2D eigenvalue weighted by molar-refractivity contribution is -0.147. The number of aryl methyl sites for hydroxylation is 1. The van der Waals surface area contributed by atoms with Gasteiger partial charge in [0.05, 0.1) is 25.7 Å². The Morgan fingerprint density at radius 3 is 2.58 bits per heavy atom. The molecule has 106 valence electrons. The SMILES string of the molecule is CCOC(=O)CC(O)C(O)c1ccc(CO)c(C)c1. The summed E-state index contributed by atoms with van der Waals surface area (Å²) in [5.74, 6) is -0.544. The van der Waals surface area contributed by atoms with E-state index in [2.05, 4.69) is 0 Å². The third-order valence-electron chi connectivity index (χ3n) is 2.92. The average molecular weight is 268 g/mol. The van der Waals surface area contributed by atoms with Gasteiger partial charge in [-0.1, -0.05) is 18.2 Å². The molecule has 0 fully saturated rings. The number of esters is 1. The van der Waals surface area contributed by atoms with Gasteiger partial charge < -0.3 is 20.1 Å². The van der Waals surface area contributed by atoms with Crippen LogP contribution in [0.4, 0.5) is 0 Å². The quantitative estimate of drug-likeness (QED) is 0.665. The molecule has 2 atom stereocenters. The molecule has 0 aliphatic heterocycles. The van der Waals surface area contributed by atoms with Crippen LogP contribution in [0.15, 0.2) is 18.2 Å². The van der Waals surface area contributed by atoms with Gasteiger partial charge in [-0.2, -0.15) is 0 Å². The molecule has 1 aromatic rings. The van der Waals surface area contributed by atoms with Crippen LogP contribution in [0.25, 0.3) is 0 Å².